The van der Waals surface area contributed by atoms with E-state index in [1.165, 1.54) is 9.47 Å². The van der Waals surface area contributed by atoms with Crippen molar-refractivity contribution >= 4 is 17.4 Å². The van der Waals surface area contributed by atoms with Gasteiger partial charge in [0.2, 0.25) is 0 Å². The SMILES string of the molecule is CCc1ccc(C(=O)N(CC)c2c(N)n(Cc3ccccc3)c(=O)[nH]c2=O)cc1. The number of nitrogens with one attached hydrogen (secondary N) is 1. The zero-order valence-electron chi connectivity index (χ0n) is 16.5. The van der Waals surface area contributed by atoms with Crippen molar-refractivity contribution in [3.8, 4) is 0 Å². The van der Waals surface area contributed by atoms with Gasteiger partial charge in [0.15, 0.2) is 5.69 Å². The fourth-order valence-corrected chi connectivity index (χ4v) is 3.20. The Bertz CT molecular complexity index is 1120. The molecule has 1 heterocycles. The van der Waals surface area contributed by atoms with Gasteiger partial charge >= 0.3 is 5.69 Å². The molecule has 3 rings (SSSR count). The molecule has 0 bridgehead atoms. The predicted octanol–water partition coefficient (Wildman–Crippen LogP) is 2.40. The van der Waals surface area contributed by atoms with Crippen LogP contribution in [0.2, 0.25) is 0 Å². The molecule has 0 unspecified atom stereocenters. The van der Waals surface area contributed by atoms with E-state index in [4.69, 9.17) is 5.73 Å². The first-order valence-corrected chi connectivity index (χ1v) is 9.53. The van der Waals surface area contributed by atoms with Crippen molar-refractivity contribution in [3.05, 3.63) is 92.1 Å². The second-order valence-corrected chi connectivity index (χ2v) is 6.66. The molecule has 0 aliphatic heterocycles. The lowest BCUT2D eigenvalue weighted by Gasteiger charge is -2.23. The van der Waals surface area contributed by atoms with Gasteiger partial charge in [-0.1, -0.05) is 49.4 Å². The van der Waals surface area contributed by atoms with E-state index in [1.54, 1.807) is 19.1 Å². The van der Waals surface area contributed by atoms with Crippen LogP contribution in [-0.4, -0.2) is 22.0 Å². The molecular weight excluding hydrogens is 368 g/mol. The average Bonchev–Trinajstić information content (AvgIpc) is 2.74. The first kappa shape index (κ1) is 20.1. The highest BCUT2D eigenvalue weighted by Crippen LogP contribution is 2.20. The Morgan fingerprint density at radius 1 is 1.00 bits per heavy atom. The van der Waals surface area contributed by atoms with Gasteiger partial charge in [0.05, 0.1) is 6.54 Å². The van der Waals surface area contributed by atoms with E-state index in [0.29, 0.717) is 5.56 Å². The molecule has 0 fully saturated rings. The minimum Gasteiger partial charge on any atom is -0.383 e. The van der Waals surface area contributed by atoms with Gasteiger partial charge in [-0.25, -0.2) is 4.79 Å². The van der Waals surface area contributed by atoms with Crippen molar-refractivity contribution in [2.75, 3.05) is 17.2 Å². The van der Waals surface area contributed by atoms with Crippen LogP contribution in [0.15, 0.2) is 64.2 Å². The predicted molar refractivity (Wildman–Crippen MR) is 114 cm³/mol. The zero-order valence-corrected chi connectivity index (χ0v) is 16.5. The van der Waals surface area contributed by atoms with Crippen molar-refractivity contribution in [1.29, 1.82) is 0 Å². The molecule has 1 amide bonds. The van der Waals surface area contributed by atoms with Gasteiger partial charge in [-0.05, 0) is 36.6 Å². The number of carbonyl (C=O) groups excluding carboxylic acids is 1. The number of nitrogen functional groups attached to an aromatic ring is 1. The number of amides is 1. The van der Waals surface area contributed by atoms with Gasteiger partial charge in [0.1, 0.15) is 5.82 Å². The fourth-order valence-electron chi connectivity index (χ4n) is 3.20. The maximum absolute atomic E-state index is 13.1. The van der Waals surface area contributed by atoms with Crippen LogP contribution in [0.25, 0.3) is 0 Å². The Labute approximate surface area is 168 Å². The smallest absolute Gasteiger partial charge is 0.330 e. The third-order valence-electron chi connectivity index (χ3n) is 4.84. The van der Waals surface area contributed by atoms with Gasteiger partial charge in [-0.3, -0.25) is 19.1 Å². The summed E-state index contributed by atoms with van der Waals surface area (Å²) in [6.45, 7) is 4.20. The molecule has 3 N–H and O–H groups in total. The molecule has 0 aliphatic rings. The lowest BCUT2D eigenvalue weighted by Crippen LogP contribution is -2.41. The quantitative estimate of drug-likeness (QED) is 0.672. The fraction of sp³-hybridized carbons (Fsp3) is 0.227. The molecule has 1 aromatic heterocycles. The first-order valence-electron chi connectivity index (χ1n) is 9.53. The Hall–Kier alpha value is -3.61. The average molecular weight is 392 g/mol. The molecule has 0 saturated heterocycles. The summed E-state index contributed by atoms with van der Waals surface area (Å²) < 4.78 is 1.27. The highest BCUT2D eigenvalue weighted by atomic mass is 16.2. The number of aryl methyl sites for hydroxylation is 1. The second-order valence-electron chi connectivity index (χ2n) is 6.66. The molecule has 29 heavy (non-hydrogen) atoms. The lowest BCUT2D eigenvalue weighted by atomic mass is 10.1. The van der Waals surface area contributed by atoms with Crippen molar-refractivity contribution in [1.82, 2.24) is 9.55 Å². The Kier molecular flexibility index (Phi) is 5.97. The minimum absolute atomic E-state index is 0.0207. The van der Waals surface area contributed by atoms with Gasteiger partial charge in [0.25, 0.3) is 11.5 Å². The van der Waals surface area contributed by atoms with Gasteiger partial charge in [-0.15, -0.1) is 0 Å². The molecule has 7 heteroatoms. The summed E-state index contributed by atoms with van der Waals surface area (Å²) in [4.78, 5) is 41.6. The maximum atomic E-state index is 13.1. The van der Waals surface area contributed by atoms with Crippen LogP contribution < -0.4 is 21.9 Å². The second kappa shape index (κ2) is 8.60. The minimum atomic E-state index is -0.683. The summed E-state index contributed by atoms with van der Waals surface area (Å²) in [5.41, 5.74) is 7.31. The topological polar surface area (TPSA) is 101 Å². The van der Waals surface area contributed by atoms with Crippen molar-refractivity contribution in [3.63, 3.8) is 0 Å². The van der Waals surface area contributed by atoms with Crippen molar-refractivity contribution < 1.29 is 4.79 Å². The van der Waals surface area contributed by atoms with E-state index in [0.717, 1.165) is 17.5 Å². The summed E-state index contributed by atoms with van der Waals surface area (Å²) in [6.07, 6.45) is 0.864. The summed E-state index contributed by atoms with van der Waals surface area (Å²) in [5.74, 6) is -0.389. The van der Waals surface area contributed by atoms with E-state index >= 15 is 0 Å². The van der Waals surface area contributed by atoms with Crippen molar-refractivity contribution in [2.45, 2.75) is 26.8 Å². The van der Waals surface area contributed by atoms with Crippen LogP contribution in [0.1, 0.15) is 35.3 Å². The number of anilines is 2. The van der Waals surface area contributed by atoms with E-state index in [1.807, 2.05) is 49.4 Å². The number of carbonyl (C=O) groups is 1. The number of H-pyrrole nitrogens is 1. The van der Waals surface area contributed by atoms with Crippen LogP contribution in [0.3, 0.4) is 0 Å². The number of benzene rings is 2. The number of aromatic amines is 1. The number of rotatable bonds is 6. The monoisotopic (exact) mass is 392 g/mol. The Morgan fingerprint density at radius 3 is 2.24 bits per heavy atom. The molecule has 0 saturated carbocycles. The zero-order chi connectivity index (χ0) is 21.0. The van der Waals surface area contributed by atoms with Crippen LogP contribution in [0.4, 0.5) is 11.5 Å². The lowest BCUT2D eigenvalue weighted by molar-refractivity contribution is 0.0988. The molecule has 0 atom stereocenters. The van der Waals surface area contributed by atoms with Crippen LogP contribution in [0.5, 0.6) is 0 Å². The molecule has 0 aliphatic carbocycles. The highest BCUT2D eigenvalue weighted by molar-refractivity contribution is 6.07. The van der Waals surface area contributed by atoms with E-state index in [-0.39, 0.29) is 30.5 Å². The normalized spacial score (nSPS) is 10.7. The van der Waals surface area contributed by atoms with Crippen LogP contribution in [0, 0.1) is 0 Å². The Morgan fingerprint density at radius 2 is 1.66 bits per heavy atom. The molecular formula is C22H24N4O3. The van der Waals surface area contributed by atoms with Gasteiger partial charge in [0, 0.05) is 12.1 Å². The standard InChI is InChI=1S/C22H24N4O3/c1-3-15-10-12-17(13-11-15)21(28)25(4-2)18-19(23)26(22(29)24-20(18)27)14-16-8-6-5-7-9-16/h5-13H,3-4,14,23H2,1-2H3,(H,24,27,29). The molecule has 150 valence electrons. The number of hydrogen-bond acceptors (Lipinski definition) is 4. The third kappa shape index (κ3) is 4.13. The number of nitrogens with two attached hydrogens (primary N) is 1. The van der Waals surface area contributed by atoms with Gasteiger partial charge in [-0.2, -0.15) is 0 Å². The number of aromatic nitrogens is 2. The van der Waals surface area contributed by atoms with Crippen LogP contribution >= 0.6 is 0 Å². The summed E-state index contributed by atoms with van der Waals surface area (Å²) in [6, 6.07) is 16.5. The molecule has 0 spiro atoms. The van der Waals surface area contributed by atoms with E-state index in [9.17, 15) is 14.4 Å². The largest absolute Gasteiger partial charge is 0.383 e. The highest BCUT2D eigenvalue weighted by Gasteiger charge is 2.24. The molecule has 0 radical (unpaired) electrons. The maximum Gasteiger partial charge on any atom is 0.330 e. The summed E-state index contributed by atoms with van der Waals surface area (Å²) in [7, 11) is 0. The van der Waals surface area contributed by atoms with Crippen molar-refractivity contribution in [2.24, 2.45) is 0 Å². The molecule has 3 aromatic rings. The Balaban J connectivity index is 2.05. The first-order chi connectivity index (χ1) is 14.0. The third-order valence-corrected chi connectivity index (χ3v) is 4.84. The summed E-state index contributed by atoms with van der Waals surface area (Å²) >= 11 is 0. The van der Waals surface area contributed by atoms with E-state index < -0.39 is 11.2 Å². The van der Waals surface area contributed by atoms with Crippen LogP contribution in [-0.2, 0) is 13.0 Å². The molecule has 2 aromatic carbocycles. The number of hydrogen-bond donors (Lipinski definition) is 2. The number of nitrogens with zero attached hydrogens (tertiary/aromatic N) is 2. The van der Waals surface area contributed by atoms with E-state index in [2.05, 4.69) is 4.98 Å². The summed E-state index contributed by atoms with van der Waals surface area (Å²) in [5, 5.41) is 0. The van der Waals surface area contributed by atoms with Gasteiger partial charge < -0.3 is 10.6 Å². The molecule has 7 nitrogen and oxygen atoms in total.